The topological polar surface area (TPSA) is 24.9 Å². The molecular formula is C10H11FN2S. The highest BCUT2D eigenvalue weighted by molar-refractivity contribution is 7.16. The lowest BCUT2D eigenvalue weighted by Gasteiger charge is -2.03. The van der Waals surface area contributed by atoms with Crippen molar-refractivity contribution in [3.05, 3.63) is 23.7 Å². The van der Waals surface area contributed by atoms with Crippen LogP contribution in [0.2, 0.25) is 0 Å². The van der Waals surface area contributed by atoms with Crippen molar-refractivity contribution >= 4 is 27.2 Å². The highest BCUT2D eigenvalue weighted by Gasteiger charge is 1.97. The number of nitrogens with one attached hydrogen (secondary N) is 1. The Hall–Kier alpha value is -1.16. The van der Waals surface area contributed by atoms with E-state index in [1.165, 1.54) is 0 Å². The van der Waals surface area contributed by atoms with Crippen LogP contribution in [0.1, 0.15) is 6.42 Å². The largest absolute Gasteiger partial charge is 0.385 e. The van der Waals surface area contributed by atoms with E-state index >= 15 is 0 Å². The molecule has 2 aromatic rings. The highest BCUT2D eigenvalue weighted by atomic mass is 32.1. The third-order valence-corrected chi connectivity index (χ3v) is 2.76. The lowest BCUT2D eigenvalue weighted by molar-refractivity contribution is 0.481. The van der Waals surface area contributed by atoms with Gasteiger partial charge in [-0.15, -0.1) is 11.3 Å². The van der Waals surface area contributed by atoms with E-state index in [0.29, 0.717) is 13.0 Å². The first kappa shape index (κ1) is 9.40. The molecule has 0 saturated heterocycles. The maximum absolute atomic E-state index is 11.9. The molecule has 0 aliphatic heterocycles. The van der Waals surface area contributed by atoms with Gasteiger partial charge < -0.3 is 5.32 Å². The Kier molecular flexibility index (Phi) is 2.93. The van der Waals surface area contributed by atoms with Gasteiger partial charge in [0.25, 0.3) is 0 Å². The van der Waals surface area contributed by atoms with Gasteiger partial charge in [-0.1, -0.05) is 0 Å². The van der Waals surface area contributed by atoms with E-state index in [0.717, 1.165) is 15.9 Å². The van der Waals surface area contributed by atoms with Crippen molar-refractivity contribution < 1.29 is 4.39 Å². The lowest BCUT2D eigenvalue weighted by Crippen LogP contribution is -2.01. The first-order chi connectivity index (χ1) is 6.90. The number of alkyl halides is 1. The number of benzene rings is 1. The minimum absolute atomic E-state index is 0.268. The molecule has 0 amide bonds. The fraction of sp³-hybridized carbons (Fsp3) is 0.300. The molecule has 0 aliphatic rings. The smallest absolute Gasteiger partial charge is 0.0911 e. The molecule has 1 aromatic heterocycles. The van der Waals surface area contributed by atoms with Crippen LogP contribution in [-0.4, -0.2) is 18.2 Å². The standard InChI is InChI=1S/C10H11FN2S/c11-4-1-5-12-8-2-3-9-10(6-8)14-7-13-9/h2-3,6-7,12H,1,4-5H2. The molecule has 0 spiro atoms. The fourth-order valence-electron chi connectivity index (χ4n) is 1.26. The van der Waals surface area contributed by atoms with Crippen LogP contribution in [0.25, 0.3) is 10.2 Å². The quantitative estimate of drug-likeness (QED) is 0.784. The average molecular weight is 210 g/mol. The van der Waals surface area contributed by atoms with Crippen molar-refractivity contribution in [2.75, 3.05) is 18.5 Å². The van der Waals surface area contributed by atoms with Crippen LogP contribution >= 0.6 is 11.3 Å². The summed E-state index contributed by atoms with van der Waals surface area (Å²) in [7, 11) is 0. The Morgan fingerprint density at radius 3 is 3.21 bits per heavy atom. The van der Waals surface area contributed by atoms with Gasteiger partial charge in [-0.25, -0.2) is 4.98 Å². The van der Waals surface area contributed by atoms with E-state index in [4.69, 9.17) is 0 Å². The second kappa shape index (κ2) is 4.37. The number of fused-ring (bicyclic) bond motifs is 1. The molecular weight excluding hydrogens is 199 g/mol. The van der Waals surface area contributed by atoms with Gasteiger partial charge in [0.2, 0.25) is 0 Å². The maximum atomic E-state index is 11.9. The molecule has 0 bridgehead atoms. The second-order valence-corrected chi connectivity index (χ2v) is 3.89. The SMILES string of the molecule is FCCCNc1ccc2ncsc2c1. The van der Waals surface area contributed by atoms with E-state index in [9.17, 15) is 4.39 Å². The van der Waals surface area contributed by atoms with Crippen LogP contribution in [-0.2, 0) is 0 Å². The zero-order valence-corrected chi connectivity index (χ0v) is 8.48. The first-order valence-corrected chi connectivity index (χ1v) is 5.41. The molecule has 4 heteroatoms. The molecule has 0 unspecified atom stereocenters. The summed E-state index contributed by atoms with van der Waals surface area (Å²) in [5.74, 6) is 0. The number of halogens is 1. The van der Waals surface area contributed by atoms with E-state index in [1.807, 2.05) is 23.7 Å². The van der Waals surface area contributed by atoms with Gasteiger partial charge in [-0.05, 0) is 24.6 Å². The summed E-state index contributed by atoms with van der Waals surface area (Å²) in [6.45, 7) is 0.413. The number of hydrogen-bond donors (Lipinski definition) is 1. The highest BCUT2D eigenvalue weighted by Crippen LogP contribution is 2.21. The van der Waals surface area contributed by atoms with Crippen molar-refractivity contribution in [3.8, 4) is 0 Å². The predicted octanol–water partition coefficient (Wildman–Crippen LogP) is 3.07. The molecule has 0 aliphatic carbocycles. The number of anilines is 1. The predicted molar refractivity (Wildman–Crippen MR) is 58.7 cm³/mol. The number of aromatic nitrogens is 1. The van der Waals surface area contributed by atoms with Crippen LogP contribution in [0.15, 0.2) is 23.7 Å². The minimum Gasteiger partial charge on any atom is -0.385 e. The molecule has 14 heavy (non-hydrogen) atoms. The third kappa shape index (κ3) is 2.01. The van der Waals surface area contributed by atoms with Gasteiger partial charge in [0.15, 0.2) is 0 Å². The van der Waals surface area contributed by atoms with Crippen molar-refractivity contribution in [1.82, 2.24) is 4.98 Å². The third-order valence-electron chi connectivity index (χ3n) is 1.97. The van der Waals surface area contributed by atoms with Gasteiger partial charge in [0, 0.05) is 12.2 Å². The molecule has 0 fully saturated rings. The van der Waals surface area contributed by atoms with Crippen LogP contribution < -0.4 is 5.32 Å². The Morgan fingerprint density at radius 1 is 1.43 bits per heavy atom. The monoisotopic (exact) mass is 210 g/mol. The van der Waals surface area contributed by atoms with Crippen molar-refractivity contribution in [2.24, 2.45) is 0 Å². The Balaban J connectivity index is 2.10. The molecule has 0 atom stereocenters. The van der Waals surface area contributed by atoms with Crippen molar-refractivity contribution in [3.63, 3.8) is 0 Å². The van der Waals surface area contributed by atoms with E-state index in [-0.39, 0.29) is 6.67 Å². The van der Waals surface area contributed by atoms with E-state index < -0.39 is 0 Å². The van der Waals surface area contributed by atoms with Crippen LogP contribution in [0.5, 0.6) is 0 Å². The fourth-order valence-corrected chi connectivity index (χ4v) is 1.98. The summed E-state index contributed by atoms with van der Waals surface area (Å²) in [5, 5.41) is 3.17. The van der Waals surface area contributed by atoms with Crippen LogP contribution in [0.4, 0.5) is 10.1 Å². The average Bonchev–Trinajstić information content (AvgIpc) is 2.65. The minimum atomic E-state index is -0.268. The Morgan fingerprint density at radius 2 is 2.36 bits per heavy atom. The normalized spacial score (nSPS) is 10.6. The maximum Gasteiger partial charge on any atom is 0.0911 e. The number of thiazole rings is 1. The molecule has 2 nitrogen and oxygen atoms in total. The summed E-state index contributed by atoms with van der Waals surface area (Å²) < 4.78 is 13.0. The Bertz CT molecular complexity index is 413. The van der Waals surface area contributed by atoms with Gasteiger partial charge in [-0.3, -0.25) is 4.39 Å². The van der Waals surface area contributed by atoms with Gasteiger partial charge in [0.1, 0.15) is 0 Å². The molecule has 2 rings (SSSR count). The van der Waals surface area contributed by atoms with Gasteiger partial charge in [-0.2, -0.15) is 0 Å². The summed E-state index contributed by atoms with van der Waals surface area (Å²) >= 11 is 1.62. The number of rotatable bonds is 4. The molecule has 1 heterocycles. The van der Waals surface area contributed by atoms with Crippen molar-refractivity contribution in [2.45, 2.75) is 6.42 Å². The van der Waals surface area contributed by atoms with Crippen molar-refractivity contribution in [1.29, 1.82) is 0 Å². The number of nitrogens with zero attached hydrogens (tertiary/aromatic N) is 1. The van der Waals surface area contributed by atoms with Gasteiger partial charge >= 0.3 is 0 Å². The zero-order valence-electron chi connectivity index (χ0n) is 7.66. The molecule has 74 valence electrons. The Labute approximate surface area is 85.8 Å². The van der Waals surface area contributed by atoms with Crippen LogP contribution in [0.3, 0.4) is 0 Å². The zero-order chi connectivity index (χ0) is 9.80. The van der Waals surface area contributed by atoms with Crippen LogP contribution in [0, 0.1) is 0 Å². The van der Waals surface area contributed by atoms with E-state index in [2.05, 4.69) is 10.3 Å². The molecule has 1 aromatic carbocycles. The lowest BCUT2D eigenvalue weighted by atomic mass is 10.3. The summed E-state index contributed by atoms with van der Waals surface area (Å²) in [5.41, 5.74) is 3.89. The first-order valence-electron chi connectivity index (χ1n) is 4.53. The van der Waals surface area contributed by atoms with E-state index in [1.54, 1.807) is 11.3 Å². The molecule has 0 radical (unpaired) electrons. The summed E-state index contributed by atoms with van der Waals surface area (Å²) in [6, 6.07) is 6.00. The summed E-state index contributed by atoms with van der Waals surface area (Å²) in [4.78, 5) is 4.19. The summed E-state index contributed by atoms with van der Waals surface area (Å²) in [6.07, 6.45) is 0.556. The number of hydrogen-bond acceptors (Lipinski definition) is 3. The van der Waals surface area contributed by atoms with Gasteiger partial charge in [0.05, 0.1) is 22.4 Å². The second-order valence-electron chi connectivity index (χ2n) is 3.00. The molecule has 0 saturated carbocycles. The molecule has 1 N–H and O–H groups in total.